The van der Waals surface area contributed by atoms with Gasteiger partial charge in [0.1, 0.15) is 6.04 Å². The molecule has 126 valence electrons. The predicted octanol–water partition coefficient (Wildman–Crippen LogP) is 1.69. The number of piperidine rings is 1. The number of amides is 2. The topological polar surface area (TPSA) is 75.4 Å². The molecule has 2 rings (SSSR count). The van der Waals surface area contributed by atoms with Crippen molar-refractivity contribution >= 4 is 29.3 Å². The van der Waals surface area contributed by atoms with E-state index in [9.17, 15) is 9.59 Å². The van der Waals surface area contributed by atoms with Crippen LogP contribution < -0.4 is 16.0 Å². The highest BCUT2D eigenvalue weighted by Gasteiger charge is 2.31. The maximum absolute atomic E-state index is 12.6. The van der Waals surface area contributed by atoms with Crippen molar-refractivity contribution in [2.24, 2.45) is 5.73 Å². The average molecular weight is 335 g/mol. The van der Waals surface area contributed by atoms with E-state index < -0.39 is 12.1 Å². The number of nitrogens with two attached hydrogens (primary N) is 1. The average Bonchev–Trinajstić information content (AvgIpc) is 2.55. The third-order valence-corrected chi connectivity index (χ3v) is 4.71. The highest BCUT2D eigenvalue weighted by atomic mass is 32.2. The zero-order valence-electron chi connectivity index (χ0n) is 13.7. The van der Waals surface area contributed by atoms with Gasteiger partial charge in [0.15, 0.2) is 0 Å². The van der Waals surface area contributed by atoms with Gasteiger partial charge >= 0.3 is 0 Å². The van der Waals surface area contributed by atoms with E-state index >= 15 is 0 Å². The molecule has 2 atom stereocenters. The molecule has 0 aliphatic carbocycles. The molecule has 2 amide bonds. The number of hydrogen-bond acceptors (Lipinski definition) is 4. The van der Waals surface area contributed by atoms with Gasteiger partial charge in [-0.15, -0.1) is 0 Å². The van der Waals surface area contributed by atoms with Crippen LogP contribution in [0.25, 0.3) is 0 Å². The molecule has 5 nitrogen and oxygen atoms in total. The van der Waals surface area contributed by atoms with Crippen molar-refractivity contribution in [2.75, 3.05) is 23.5 Å². The van der Waals surface area contributed by atoms with Crippen molar-refractivity contribution in [3.05, 3.63) is 29.8 Å². The van der Waals surface area contributed by atoms with E-state index in [1.165, 1.54) is 0 Å². The molecule has 1 unspecified atom stereocenters. The van der Waals surface area contributed by atoms with Crippen molar-refractivity contribution in [1.82, 2.24) is 5.32 Å². The van der Waals surface area contributed by atoms with Gasteiger partial charge in [0, 0.05) is 12.2 Å². The van der Waals surface area contributed by atoms with E-state index in [4.69, 9.17) is 5.73 Å². The predicted molar refractivity (Wildman–Crippen MR) is 95.7 cm³/mol. The summed E-state index contributed by atoms with van der Waals surface area (Å²) in [5, 5.41) is 2.82. The number of hydrogen-bond donors (Lipinski definition) is 2. The van der Waals surface area contributed by atoms with Crippen molar-refractivity contribution < 1.29 is 9.59 Å². The van der Waals surface area contributed by atoms with Gasteiger partial charge in [-0.25, -0.2) is 0 Å². The summed E-state index contributed by atoms with van der Waals surface area (Å²) in [6.07, 6.45) is 4.14. The Morgan fingerprint density at radius 1 is 1.43 bits per heavy atom. The number of thioether (sulfide) groups is 1. The van der Waals surface area contributed by atoms with Gasteiger partial charge in [-0.3, -0.25) is 9.59 Å². The largest absolute Gasteiger partial charge is 0.343 e. The van der Waals surface area contributed by atoms with E-state index in [0.717, 1.165) is 23.4 Å². The third-order valence-electron chi connectivity index (χ3n) is 4.07. The molecular weight excluding hydrogens is 310 g/mol. The molecule has 0 bridgehead atoms. The second-order valence-electron chi connectivity index (χ2n) is 5.92. The summed E-state index contributed by atoms with van der Waals surface area (Å²) in [5.41, 5.74) is 7.91. The molecule has 3 N–H and O–H groups in total. The van der Waals surface area contributed by atoms with Crippen molar-refractivity contribution in [2.45, 2.75) is 38.3 Å². The van der Waals surface area contributed by atoms with Gasteiger partial charge in [-0.05, 0) is 50.3 Å². The fraction of sp³-hybridized carbons (Fsp3) is 0.529. The minimum absolute atomic E-state index is 0.0504. The number of carbonyl (C=O) groups is 2. The first-order valence-corrected chi connectivity index (χ1v) is 9.35. The normalized spacial score (nSPS) is 19.5. The van der Waals surface area contributed by atoms with Crippen LogP contribution >= 0.6 is 11.8 Å². The summed E-state index contributed by atoms with van der Waals surface area (Å²) < 4.78 is 0. The summed E-state index contributed by atoms with van der Waals surface area (Å²) in [7, 11) is 0. The quantitative estimate of drug-likeness (QED) is 0.829. The van der Waals surface area contributed by atoms with Crippen LogP contribution in [0.5, 0.6) is 0 Å². The summed E-state index contributed by atoms with van der Waals surface area (Å²) >= 11 is 1.66. The van der Waals surface area contributed by atoms with Gasteiger partial charge < -0.3 is 16.0 Å². The molecule has 23 heavy (non-hydrogen) atoms. The van der Waals surface area contributed by atoms with Crippen LogP contribution in [0.3, 0.4) is 0 Å². The minimum atomic E-state index is -0.551. The molecule has 0 spiro atoms. The molecule has 1 aliphatic heterocycles. The van der Waals surface area contributed by atoms with Crippen LogP contribution in [0, 0.1) is 6.92 Å². The van der Waals surface area contributed by atoms with E-state index in [1.54, 1.807) is 16.7 Å². The Bertz CT molecular complexity index is 547. The first kappa shape index (κ1) is 17.8. The molecule has 1 saturated heterocycles. The third kappa shape index (κ3) is 4.72. The maximum atomic E-state index is 12.6. The highest BCUT2D eigenvalue weighted by molar-refractivity contribution is 7.98. The number of nitrogens with zero attached hydrogens (tertiary/aromatic N) is 1. The fourth-order valence-electron chi connectivity index (χ4n) is 2.64. The number of benzene rings is 1. The van der Waals surface area contributed by atoms with Crippen molar-refractivity contribution in [3.8, 4) is 0 Å². The highest BCUT2D eigenvalue weighted by Crippen LogP contribution is 2.21. The van der Waals surface area contributed by atoms with Crippen molar-refractivity contribution in [3.63, 3.8) is 0 Å². The molecule has 1 aromatic rings. The molecule has 1 aromatic carbocycles. The van der Waals surface area contributed by atoms with Crippen LogP contribution in [0.15, 0.2) is 24.3 Å². The lowest BCUT2D eigenvalue weighted by Crippen LogP contribution is -2.55. The number of carbonyl (C=O) groups excluding carboxylic acids is 2. The Labute approximate surface area is 142 Å². The first-order valence-electron chi connectivity index (χ1n) is 7.96. The van der Waals surface area contributed by atoms with Crippen LogP contribution in [0.2, 0.25) is 0 Å². The Morgan fingerprint density at radius 3 is 2.78 bits per heavy atom. The lowest BCUT2D eigenvalue weighted by molar-refractivity contribution is -0.129. The minimum Gasteiger partial charge on any atom is -0.343 e. The van der Waals surface area contributed by atoms with E-state index in [-0.39, 0.29) is 11.8 Å². The van der Waals surface area contributed by atoms with Crippen molar-refractivity contribution in [1.29, 1.82) is 0 Å². The summed E-state index contributed by atoms with van der Waals surface area (Å²) in [6.45, 7) is 2.70. The van der Waals surface area contributed by atoms with E-state index in [2.05, 4.69) is 5.32 Å². The molecule has 6 heteroatoms. The summed E-state index contributed by atoms with van der Waals surface area (Å²) in [6, 6.07) is 6.85. The zero-order valence-corrected chi connectivity index (χ0v) is 14.6. The number of aryl methyl sites for hydroxylation is 1. The van der Waals surface area contributed by atoms with Crippen LogP contribution in [0.4, 0.5) is 5.69 Å². The molecule has 0 aromatic heterocycles. The smallest absolute Gasteiger partial charge is 0.249 e. The van der Waals surface area contributed by atoms with Gasteiger partial charge in [-0.2, -0.15) is 11.8 Å². The summed E-state index contributed by atoms with van der Waals surface area (Å²) in [5.74, 6) is 0.552. The fourth-order valence-corrected chi connectivity index (χ4v) is 3.13. The first-order chi connectivity index (χ1) is 11.0. The Hall–Kier alpha value is -1.53. The lowest BCUT2D eigenvalue weighted by atomic mass is 10.0. The van der Waals surface area contributed by atoms with Gasteiger partial charge in [0.2, 0.25) is 11.8 Å². The Kier molecular flexibility index (Phi) is 6.47. The van der Waals surface area contributed by atoms with Gasteiger partial charge in [-0.1, -0.05) is 17.7 Å². The van der Waals surface area contributed by atoms with Crippen LogP contribution in [-0.4, -0.2) is 42.5 Å². The second-order valence-corrected chi connectivity index (χ2v) is 6.90. The Morgan fingerprint density at radius 2 is 2.13 bits per heavy atom. The Balaban J connectivity index is 1.99. The number of nitrogens with one attached hydrogen (secondary N) is 1. The maximum Gasteiger partial charge on any atom is 0.249 e. The second kappa shape index (κ2) is 8.36. The zero-order chi connectivity index (χ0) is 16.8. The molecule has 0 saturated carbocycles. The van der Waals surface area contributed by atoms with E-state index in [1.807, 2.05) is 37.4 Å². The molecule has 1 heterocycles. The van der Waals surface area contributed by atoms with Gasteiger partial charge in [0.25, 0.3) is 0 Å². The molecule has 1 aliphatic rings. The SMILES string of the molecule is CSCC[C@H](N)C(=O)NC1CCCN(c2ccc(C)cc2)C1=O. The molecular formula is C17H25N3O2S. The molecule has 0 radical (unpaired) electrons. The van der Waals surface area contributed by atoms with E-state index in [0.29, 0.717) is 19.4 Å². The molecule has 1 fully saturated rings. The van der Waals surface area contributed by atoms with Gasteiger partial charge in [0.05, 0.1) is 6.04 Å². The lowest BCUT2D eigenvalue weighted by Gasteiger charge is -2.33. The van der Waals surface area contributed by atoms with Crippen LogP contribution in [0.1, 0.15) is 24.8 Å². The van der Waals surface area contributed by atoms with Crippen LogP contribution in [-0.2, 0) is 9.59 Å². The number of rotatable bonds is 6. The monoisotopic (exact) mass is 335 g/mol. The summed E-state index contributed by atoms with van der Waals surface area (Å²) in [4.78, 5) is 26.5. The standard InChI is InChI=1S/C17H25N3O2S/c1-12-5-7-13(8-6-12)20-10-3-4-15(17(20)22)19-16(21)14(18)9-11-23-2/h5-8,14-15H,3-4,9-11,18H2,1-2H3,(H,19,21)/t14-,15?/m0/s1. The number of anilines is 1.